The lowest BCUT2D eigenvalue weighted by Gasteiger charge is -2.18. The predicted octanol–water partition coefficient (Wildman–Crippen LogP) is 4.66. The van der Waals surface area contributed by atoms with E-state index in [1.807, 2.05) is 0 Å². The summed E-state index contributed by atoms with van der Waals surface area (Å²) in [5.74, 6) is -0.544. The molecule has 3 nitrogen and oxygen atoms in total. The minimum atomic E-state index is -4.19. The van der Waals surface area contributed by atoms with Crippen LogP contribution in [0.4, 0.5) is 4.39 Å². The normalized spacial score (nSPS) is 11.5. The SMILES string of the molecule is CC(C)(C)c1ccc(I)cc1.O=S(=O)(O)c1ccc(F)cc1. The largest absolute Gasteiger partial charge is 0.294 e. The van der Waals surface area contributed by atoms with Crippen LogP contribution in [0.3, 0.4) is 0 Å². The molecule has 0 aromatic heterocycles. The monoisotopic (exact) mass is 436 g/mol. The first-order valence-corrected chi connectivity index (χ1v) is 9.01. The van der Waals surface area contributed by atoms with E-state index in [1.165, 1.54) is 9.13 Å². The molecule has 0 saturated carbocycles. The zero-order chi connectivity index (χ0) is 17.0. The maximum absolute atomic E-state index is 12.2. The Hall–Kier alpha value is -0.990. The number of hydrogen-bond donors (Lipinski definition) is 1. The van der Waals surface area contributed by atoms with Gasteiger partial charge in [0.2, 0.25) is 0 Å². The van der Waals surface area contributed by atoms with Gasteiger partial charge >= 0.3 is 0 Å². The molecule has 0 radical (unpaired) electrons. The Morgan fingerprint density at radius 2 is 1.41 bits per heavy atom. The lowest BCUT2D eigenvalue weighted by Crippen LogP contribution is -2.10. The Balaban J connectivity index is 0.000000220. The highest BCUT2D eigenvalue weighted by molar-refractivity contribution is 14.1. The van der Waals surface area contributed by atoms with Crippen molar-refractivity contribution in [3.8, 4) is 0 Å². The standard InChI is InChI=1S/C10H13I.C6H5FO3S/c1-10(2,3)8-4-6-9(11)7-5-8;7-5-1-3-6(4-2-5)11(8,9)10/h4-7H,1-3H3;1-4H,(H,8,9,10). The molecule has 2 aromatic carbocycles. The van der Waals surface area contributed by atoms with Crippen LogP contribution in [0.5, 0.6) is 0 Å². The van der Waals surface area contributed by atoms with Crippen molar-refractivity contribution >= 4 is 32.7 Å². The highest BCUT2D eigenvalue weighted by Gasteiger charge is 2.12. The zero-order valence-corrected chi connectivity index (χ0v) is 15.5. The second-order valence-electron chi connectivity index (χ2n) is 5.69. The molecule has 0 aliphatic carbocycles. The number of benzene rings is 2. The van der Waals surface area contributed by atoms with Gasteiger partial charge in [-0.15, -0.1) is 0 Å². The molecule has 120 valence electrons. The molecular weight excluding hydrogens is 418 g/mol. The minimum absolute atomic E-state index is 0.282. The van der Waals surface area contributed by atoms with Crippen LogP contribution in [0.2, 0.25) is 0 Å². The third-order valence-corrected chi connectivity index (χ3v) is 4.41. The molecule has 2 rings (SSSR count). The van der Waals surface area contributed by atoms with E-state index in [0.717, 1.165) is 24.3 Å². The molecule has 0 aliphatic rings. The van der Waals surface area contributed by atoms with Crippen molar-refractivity contribution in [3.63, 3.8) is 0 Å². The quantitative estimate of drug-likeness (QED) is 0.523. The van der Waals surface area contributed by atoms with Crippen LogP contribution < -0.4 is 0 Å². The van der Waals surface area contributed by atoms with Crippen LogP contribution in [0.1, 0.15) is 26.3 Å². The fourth-order valence-electron chi connectivity index (χ4n) is 1.56. The van der Waals surface area contributed by atoms with Crippen LogP contribution in [0.15, 0.2) is 53.4 Å². The summed E-state index contributed by atoms with van der Waals surface area (Å²) in [6.45, 7) is 6.69. The van der Waals surface area contributed by atoms with Gasteiger partial charge in [0.05, 0.1) is 4.90 Å². The van der Waals surface area contributed by atoms with E-state index in [1.54, 1.807) is 0 Å². The van der Waals surface area contributed by atoms with Gasteiger partial charge in [-0.05, 0) is 70.0 Å². The van der Waals surface area contributed by atoms with E-state index in [4.69, 9.17) is 4.55 Å². The smallest absolute Gasteiger partial charge is 0.282 e. The average molecular weight is 436 g/mol. The van der Waals surface area contributed by atoms with Gasteiger partial charge in [-0.3, -0.25) is 4.55 Å². The third kappa shape index (κ3) is 6.41. The van der Waals surface area contributed by atoms with Crippen molar-refractivity contribution in [2.75, 3.05) is 0 Å². The van der Waals surface area contributed by atoms with Crippen molar-refractivity contribution in [1.82, 2.24) is 0 Å². The molecule has 2 aromatic rings. The summed E-state index contributed by atoms with van der Waals surface area (Å²) in [6, 6.07) is 12.6. The van der Waals surface area contributed by atoms with Gasteiger partial charge in [-0.25, -0.2) is 4.39 Å². The summed E-state index contributed by atoms with van der Waals surface area (Å²) >= 11 is 2.32. The molecule has 0 bridgehead atoms. The lowest BCUT2D eigenvalue weighted by atomic mass is 9.87. The highest BCUT2D eigenvalue weighted by atomic mass is 127. The summed E-state index contributed by atoms with van der Waals surface area (Å²) in [7, 11) is -4.19. The minimum Gasteiger partial charge on any atom is -0.282 e. The van der Waals surface area contributed by atoms with E-state index in [9.17, 15) is 12.8 Å². The fourth-order valence-corrected chi connectivity index (χ4v) is 2.40. The van der Waals surface area contributed by atoms with Crippen LogP contribution in [-0.2, 0) is 15.5 Å². The van der Waals surface area contributed by atoms with Crippen LogP contribution in [0.25, 0.3) is 0 Å². The first-order chi connectivity index (χ1) is 10.00. The molecule has 0 heterocycles. The first-order valence-electron chi connectivity index (χ1n) is 6.49. The van der Waals surface area contributed by atoms with Crippen molar-refractivity contribution < 1.29 is 17.4 Å². The maximum Gasteiger partial charge on any atom is 0.294 e. The summed E-state index contributed by atoms with van der Waals surface area (Å²) in [5, 5.41) is 0. The van der Waals surface area contributed by atoms with Crippen molar-refractivity contribution in [3.05, 3.63) is 63.5 Å². The highest BCUT2D eigenvalue weighted by Crippen LogP contribution is 2.22. The van der Waals surface area contributed by atoms with Gasteiger partial charge in [-0.1, -0.05) is 32.9 Å². The molecule has 6 heteroatoms. The van der Waals surface area contributed by atoms with Gasteiger partial charge in [0, 0.05) is 3.57 Å². The summed E-state index contributed by atoms with van der Waals surface area (Å²) < 4.78 is 42.7. The Morgan fingerprint density at radius 3 is 1.77 bits per heavy atom. The zero-order valence-electron chi connectivity index (χ0n) is 12.5. The molecule has 0 unspecified atom stereocenters. The Bertz CT molecular complexity index is 703. The van der Waals surface area contributed by atoms with Crippen molar-refractivity contribution in [2.24, 2.45) is 0 Å². The molecule has 0 spiro atoms. The summed E-state index contributed by atoms with van der Waals surface area (Å²) in [4.78, 5) is -0.307. The molecule has 0 amide bonds. The second-order valence-corrected chi connectivity index (χ2v) is 8.35. The van der Waals surface area contributed by atoms with Gasteiger partial charge in [0.1, 0.15) is 5.82 Å². The van der Waals surface area contributed by atoms with E-state index in [0.29, 0.717) is 0 Å². The van der Waals surface area contributed by atoms with Gasteiger partial charge in [-0.2, -0.15) is 8.42 Å². The lowest BCUT2D eigenvalue weighted by molar-refractivity contribution is 0.483. The number of halogens is 2. The molecule has 0 aliphatic heterocycles. The molecular formula is C16H18FIO3S. The van der Waals surface area contributed by atoms with Crippen LogP contribution >= 0.6 is 22.6 Å². The van der Waals surface area contributed by atoms with Crippen LogP contribution in [-0.4, -0.2) is 13.0 Å². The Kier molecular flexibility index (Phi) is 6.51. The van der Waals surface area contributed by atoms with E-state index < -0.39 is 15.9 Å². The summed E-state index contributed by atoms with van der Waals surface area (Å²) in [6.07, 6.45) is 0. The summed E-state index contributed by atoms with van der Waals surface area (Å²) in [5.41, 5.74) is 1.68. The molecule has 1 N–H and O–H groups in total. The Morgan fingerprint density at radius 1 is 0.955 bits per heavy atom. The Labute approximate surface area is 144 Å². The third-order valence-electron chi connectivity index (χ3n) is 2.82. The van der Waals surface area contributed by atoms with E-state index >= 15 is 0 Å². The molecule has 22 heavy (non-hydrogen) atoms. The molecule has 0 fully saturated rings. The number of rotatable bonds is 1. The topological polar surface area (TPSA) is 54.4 Å². The van der Waals surface area contributed by atoms with Gasteiger partial charge in [0.25, 0.3) is 10.1 Å². The average Bonchev–Trinajstić information content (AvgIpc) is 2.38. The number of hydrogen-bond acceptors (Lipinski definition) is 2. The molecule has 0 atom stereocenters. The van der Waals surface area contributed by atoms with Gasteiger partial charge in [0.15, 0.2) is 0 Å². The van der Waals surface area contributed by atoms with Crippen molar-refractivity contribution in [2.45, 2.75) is 31.1 Å². The van der Waals surface area contributed by atoms with Crippen LogP contribution in [0, 0.1) is 9.39 Å². The fraction of sp³-hybridized carbons (Fsp3) is 0.250. The second kappa shape index (κ2) is 7.52. The van der Waals surface area contributed by atoms with E-state index in [-0.39, 0.29) is 10.3 Å². The first kappa shape index (κ1) is 19.1. The predicted molar refractivity (Wildman–Crippen MR) is 94.1 cm³/mol. The van der Waals surface area contributed by atoms with E-state index in [2.05, 4.69) is 67.6 Å². The molecule has 0 saturated heterocycles. The van der Waals surface area contributed by atoms with Crippen molar-refractivity contribution in [1.29, 1.82) is 0 Å². The maximum atomic E-state index is 12.2. The van der Waals surface area contributed by atoms with Gasteiger partial charge < -0.3 is 0 Å².